The lowest BCUT2D eigenvalue weighted by molar-refractivity contribution is 0.0916. The number of carbonyl (C=O) groups excluding carboxylic acids is 1. The number of carbonyl (C=O) groups is 1. The second-order valence-corrected chi connectivity index (χ2v) is 4.31. The third-order valence-corrected chi connectivity index (χ3v) is 2.85. The third kappa shape index (κ3) is 3.39. The molecule has 1 heterocycles. The van der Waals surface area contributed by atoms with Crippen molar-refractivity contribution in [3.05, 3.63) is 65.5 Å². The molecule has 2 N–H and O–H groups in total. The molecule has 0 aliphatic heterocycles. The quantitative estimate of drug-likeness (QED) is 0.877. The molecule has 0 saturated carbocycles. The minimum atomic E-state index is -0.401. The lowest BCUT2D eigenvalue weighted by Gasteiger charge is -2.16. The number of aryl methyl sites for hydroxylation is 1. The van der Waals surface area contributed by atoms with Crippen LogP contribution in [0.15, 0.2) is 48.7 Å². The maximum atomic E-state index is 12.1. The Morgan fingerprint density at radius 3 is 2.68 bits per heavy atom. The van der Waals surface area contributed by atoms with Crippen molar-refractivity contribution >= 4 is 5.91 Å². The Labute approximate surface area is 112 Å². The van der Waals surface area contributed by atoms with Crippen LogP contribution in [-0.4, -0.2) is 22.6 Å². The number of benzene rings is 1. The summed E-state index contributed by atoms with van der Waals surface area (Å²) in [7, 11) is 0. The standard InChI is InChI=1S/C15H16N2O2/c1-11-9-13(7-8-16-11)15(19)17-14(10-18)12-5-3-2-4-6-12/h2-9,14,18H,10H2,1H3,(H,17,19). The number of nitrogens with zero attached hydrogens (tertiary/aromatic N) is 1. The normalized spacial score (nSPS) is 11.9. The van der Waals surface area contributed by atoms with Crippen LogP contribution in [0.2, 0.25) is 0 Å². The number of nitrogens with one attached hydrogen (secondary N) is 1. The van der Waals surface area contributed by atoms with Crippen molar-refractivity contribution in [1.82, 2.24) is 10.3 Å². The van der Waals surface area contributed by atoms with Crippen LogP contribution >= 0.6 is 0 Å². The van der Waals surface area contributed by atoms with E-state index >= 15 is 0 Å². The van der Waals surface area contributed by atoms with Crippen molar-refractivity contribution in [3.8, 4) is 0 Å². The molecule has 0 fully saturated rings. The van der Waals surface area contributed by atoms with Gasteiger partial charge < -0.3 is 10.4 Å². The lowest BCUT2D eigenvalue weighted by Crippen LogP contribution is -2.30. The number of aliphatic hydroxyl groups excluding tert-OH is 1. The molecule has 4 heteroatoms. The Morgan fingerprint density at radius 1 is 1.32 bits per heavy atom. The van der Waals surface area contributed by atoms with Crippen LogP contribution in [0.5, 0.6) is 0 Å². The van der Waals surface area contributed by atoms with Crippen LogP contribution < -0.4 is 5.32 Å². The van der Waals surface area contributed by atoms with Crippen molar-refractivity contribution in [1.29, 1.82) is 0 Å². The molecular formula is C15H16N2O2. The number of amides is 1. The molecular weight excluding hydrogens is 240 g/mol. The molecule has 0 aliphatic carbocycles. The van der Waals surface area contributed by atoms with E-state index in [1.165, 1.54) is 0 Å². The number of rotatable bonds is 4. The SMILES string of the molecule is Cc1cc(C(=O)NC(CO)c2ccccc2)ccn1. The molecule has 0 bridgehead atoms. The molecule has 1 amide bonds. The average molecular weight is 256 g/mol. The van der Waals surface area contributed by atoms with Gasteiger partial charge in [-0.3, -0.25) is 9.78 Å². The van der Waals surface area contributed by atoms with Crippen LogP contribution in [0.4, 0.5) is 0 Å². The topological polar surface area (TPSA) is 62.2 Å². The highest BCUT2D eigenvalue weighted by molar-refractivity contribution is 5.94. The summed E-state index contributed by atoms with van der Waals surface area (Å²) in [6.45, 7) is 1.69. The van der Waals surface area contributed by atoms with E-state index in [4.69, 9.17) is 0 Å². The molecule has 98 valence electrons. The van der Waals surface area contributed by atoms with Crippen molar-refractivity contribution in [2.75, 3.05) is 6.61 Å². The maximum Gasteiger partial charge on any atom is 0.251 e. The minimum Gasteiger partial charge on any atom is -0.394 e. The van der Waals surface area contributed by atoms with E-state index < -0.39 is 6.04 Å². The van der Waals surface area contributed by atoms with E-state index in [0.717, 1.165) is 11.3 Å². The predicted molar refractivity (Wildman–Crippen MR) is 72.7 cm³/mol. The van der Waals surface area contributed by atoms with Gasteiger partial charge in [-0.15, -0.1) is 0 Å². The lowest BCUT2D eigenvalue weighted by atomic mass is 10.1. The van der Waals surface area contributed by atoms with Gasteiger partial charge in [0.25, 0.3) is 5.91 Å². The van der Waals surface area contributed by atoms with Crippen LogP contribution in [0.3, 0.4) is 0 Å². The fraction of sp³-hybridized carbons (Fsp3) is 0.200. The molecule has 1 atom stereocenters. The first-order chi connectivity index (χ1) is 9.20. The summed E-state index contributed by atoms with van der Waals surface area (Å²) in [5.41, 5.74) is 2.21. The highest BCUT2D eigenvalue weighted by Gasteiger charge is 2.14. The Bertz CT molecular complexity index is 555. The van der Waals surface area contributed by atoms with Gasteiger partial charge in [-0.25, -0.2) is 0 Å². The van der Waals surface area contributed by atoms with Gasteiger partial charge in [0.1, 0.15) is 0 Å². The molecule has 0 saturated heterocycles. The summed E-state index contributed by atoms with van der Waals surface area (Å²) >= 11 is 0. The van der Waals surface area contributed by atoms with Gasteiger partial charge in [-0.2, -0.15) is 0 Å². The molecule has 2 aromatic rings. The van der Waals surface area contributed by atoms with Crippen molar-refractivity contribution < 1.29 is 9.90 Å². The highest BCUT2D eigenvalue weighted by Crippen LogP contribution is 2.12. The van der Waals surface area contributed by atoms with Gasteiger partial charge in [0.05, 0.1) is 12.6 Å². The zero-order valence-corrected chi connectivity index (χ0v) is 10.7. The first-order valence-corrected chi connectivity index (χ1v) is 6.10. The van der Waals surface area contributed by atoms with E-state index in [-0.39, 0.29) is 12.5 Å². The average Bonchev–Trinajstić information content (AvgIpc) is 2.45. The smallest absolute Gasteiger partial charge is 0.251 e. The number of aliphatic hydroxyl groups is 1. The molecule has 0 aliphatic rings. The van der Waals surface area contributed by atoms with E-state index in [1.54, 1.807) is 18.3 Å². The molecule has 1 aromatic carbocycles. The zero-order chi connectivity index (χ0) is 13.7. The second kappa shape index (κ2) is 6.11. The predicted octanol–water partition coefficient (Wildman–Crippen LogP) is 1.85. The fourth-order valence-corrected chi connectivity index (χ4v) is 1.85. The van der Waals surface area contributed by atoms with Gasteiger partial charge in [-0.1, -0.05) is 30.3 Å². The molecule has 1 aromatic heterocycles. The molecule has 4 nitrogen and oxygen atoms in total. The van der Waals surface area contributed by atoms with Crippen LogP contribution in [-0.2, 0) is 0 Å². The molecule has 2 rings (SSSR count). The second-order valence-electron chi connectivity index (χ2n) is 4.31. The van der Waals surface area contributed by atoms with Crippen molar-refractivity contribution in [2.24, 2.45) is 0 Å². The molecule has 0 spiro atoms. The number of hydrogen-bond donors (Lipinski definition) is 2. The van der Waals surface area contributed by atoms with Crippen molar-refractivity contribution in [2.45, 2.75) is 13.0 Å². The van der Waals surface area contributed by atoms with Crippen LogP contribution in [0.25, 0.3) is 0 Å². The van der Waals surface area contributed by atoms with E-state index in [9.17, 15) is 9.90 Å². The van der Waals surface area contributed by atoms with E-state index in [2.05, 4.69) is 10.3 Å². The first-order valence-electron chi connectivity index (χ1n) is 6.10. The summed E-state index contributed by atoms with van der Waals surface area (Å²) < 4.78 is 0. The summed E-state index contributed by atoms with van der Waals surface area (Å²) in [4.78, 5) is 16.1. The summed E-state index contributed by atoms with van der Waals surface area (Å²) in [5, 5.41) is 12.2. The highest BCUT2D eigenvalue weighted by atomic mass is 16.3. The van der Waals surface area contributed by atoms with Gasteiger partial charge in [0.15, 0.2) is 0 Å². The number of aromatic nitrogens is 1. The fourth-order valence-electron chi connectivity index (χ4n) is 1.85. The third-order valence-electron chi connectivity index (χ3n) is 2.85. The Hall–Kier alpha value is -2.20. The van der Waals surface area contributed by atoms with E-state index in [0.29, 0.717) is 5.56 Å². The molecule has 19 heavy (non-hydrogen) atoms. The Balaban J connectivity index is 2.13. The van der Waals surface area contributed by atoms with Gasteiger partial charge in [-0.05, 0) is 24.6 Å². The minimum absolute atomic E-state index is 0.139. The monoisotopic (exact) mass is 256 g/mol. The Kier molecular flexibility index (Phi) is 4.26. The zero-order valence-electron chi connectivity index (χ0n) is 10.7. The molecule has 1 unspecified atom stereocenters. The van der Waals surface area contributed by atoms with Crippen LogP contribution in [0.1, 0.15) is 27.7 Å². The summed E-state index contributed by atoms with van der Waals surface area (Å²) in [6, 6.07) is 12.4. The van der Waals surface area contributed by atoms with Gasteiger partial charge in [0.2, 0.25) is 0 Å². The van der Waals surface area contributed by atoms with Gasteiger partial charge in [0, 0.05) is 17.5 Å². The van der Waals surface area contributed by atoms with E-state index in [1.807, 2.05) is 37.3 Å². The summed E-state index contributed by atoms with van der Waals surface area (Å²) in [6.07, 6.45) is 1.60. The maximum absolute atomic E-state index is 12.1. The van der Waals surface area contributed by atoms with Gasteiger partial charge >= 0.3 is 0 Å². The Morgan fingerprint density at radius 2 is 2.05 bits per heavy atom. The summed E-state index contributed by atoms with van der Waals surface area (Å²) in [5.74, 6) is -0.214. The van der Waals surface area contributed by atoms with Crippen molar-refractivity contribution in [3.63, 3.8) is 0 Å². The number of hydrogen-bond acceptors (Lipinski definition) is 3. The van der Waals surface area contributed by atoms with Crippen LogP contribution in [0, 0.1) is 6.92 Å². The molecule has 0 radical (unpaired) electrons. The largest absolute Gasteiger partial charge is 0.394 e. The first kappa shape index (κ1) is 13.2. The number of pyridine rings is 1.